The Kier molecular flexibility index (Phi) is 5.38. The zero-order chi connectivity index (χ0) is 6.24. The highest BCUT2D eigenvalue weighted by Crippen LogP contribution is 1.83. The van der Waals surface area contributed by atoms with Crippen LogP contribution in [0.25, 0.3) is 0 Å². The molecule has 0 nitrogen and oxygen atoms in total. The van der Waals surface area contributed by atoms with E-state index in [0.717, 1.165) is 12.8 Å². The fourth-order valence-corrected chi connectivity index (χ4v) is 0.319. The first-order valence-electron chi connectivity index (χ1n) is 2.76. The Balaban J connectivity index is 3.65. The number of hydrogen-bond donors (Lipinski definition) is 0. The van der Waals surface area contributed by atoms with Gasteiger partial charge in [0.15, 0.2) is 0 Å². The summed E-state index contributed by atoms with van der Waals surface area (Å²) < 4.78 is 0. The lowest BCUT2D eigenvalue weighted by Crippen LogP contribution is -1.54. The maximum Gasteiger partial charge on any atom is -0.0200 e. The van der Waals surface area contributed by atoms with Crippen LogP contribution in [0.4, 0.5) is 0 Å². The van der Waals surface area contributed by atoms with Gasteiger partial charge in [-0.05, 0) is 24.8 Å². The van der Waals surface area contributed by atoms with Gasteiger partial charge >= 0.3 is 0 Å². The molecule has 0 aliphatic carbocycles. The first kappa shape index (κ1) is 7.08. The van der Waals surface area contributed by atoms with Gasteiger partial charge in [-0.3, -0.25) is 0 Å². The molecule has 8 heavy (non-hydrogen) atoms. The molecule has 0 aromatic carbocycles. The predicted molar refractivity (Wildman–Crippen MR) is 35.6 cm³/mol. The van der Waals surface area contributed by atoms with Crippen molar-refractivity contribution < 1.29 is 0 Å². The van der Waals surface area contributed by atoms with Crippen LogP contribution in [0.2, 0.25) is 0 Å². The molecule has 0 atom stereocenters. The average Bonchev–Trinajstić information content (AvgIpc) is 1.81. The Morgan fingerprint density at radius 2 is 2.38 bits per heavy atom. The Hall–Kier alpha value is -0.920. The monoisotopic (exact) mass is 106 g/mol. The van der Waals surface area contributed by atoms with Crippen LogP contribution in [0.5, 0.6) is 0 Å². The molecule has 0 heteroatoms. The number of hydrogen-bond acceptors (Lipinski definition) is 0. The zero-order valence-electron chi connectivity index (χ0n) is 5.20. The van der Waals surface area contributed by atoms with Crippen LogP contribution >= 0.6 is 0 Å². The van der Waals surface area contributed by atoms with E-state index in [9.17, 15) is 0 Å². The van der Waals surface area contributed by atoms with Gasteiger partial charge in [0.1, 0.15) is 0 Å². The van der Waals surface area contributed by atoms with E-state index in [-0.39, 0.29) is 0 Å². The predicted octanol–water partition coefficient (Wildman–Crippen LogP) is 2.44. The van der Waals surface area contributed by atoms with Crippen molar-refractivity contribution >= 4 is 0 Å². The molecule has 42 valence electrons. The smallest absolute Gasteiger partial charge is 0.0200 e. The van der Waals surface area contributed by atoms with Crippen LogP contribution in [0.15, 0.2) is 29.8 Å². The third kappa shape index (κ3) is 5.08. The summed E-state index contributed by atoms with van der Waals surface area (Å²) in [5.41, 5.74) is 7.89. The molecule has 0 amide bonds. The third-order valence-corrected chi connectivity index (χ3v) is 0.696. The molecular formula is C8H10. The Bertz CT molecular complexity index is 147. The van der Waals surface area contributed by atoms with Crippen molar-refractivity contribution in [1.82, 2.24) is 0 Å². The van der Waals surface area contributed by atoms with Crippen LogP contribution in [-0.2, 0) is 0 Å². The Morgan fingerprint density at radius 1 is 1.62 bits per heavy atom. The minimum Gasteiger partial charge on any atom is -0.0693 e. The lowest BCUT2D eigenvalue weighted by molar-refractivity contribution is 0.960. The normalized spacial score (nSPS) is 6.12. The van der Waals surface area contributed by atoms with Gasteiger partial charge < -0.3 is 0 Å². The van der Waals surface area contributed by atoms with Gasteiger partial charge in [-0.2, -0.15) is 0 Å². The standard InChI is InChI=1S/C8H10/c1-3-5-7-8-6-4-2/h8H,1,4,6H2,2H3. The molecule has 0 aromatic rings. The molecule has 0 spiro atoms. The van der Waals surface area contributed by atoms with Crippen LogP contribution in [-0.4, -0.2) is 0 Å². The minimum atomic E-state index is 1.06. The average molecular weight is 106 g/mol. The number of allylic oxidation sites excluding steroid dienone is 1. The molecule has 0 aliphatic rings. The molecule has 0 fully saturated rings. The van der Waals surface area contributed by atoms with Crippen molar-refractivity contribution in [2.24, 2.45) is 0 Å². The van der Waals surface area contributed by atoms with E-state index in [1.54, 1.807) is 0 Å². The van der Waals surface area contributed by atoms with E-state index in [0.29, 0.717) is 0 Å². The minimum absolute atomic E-state index is 1.06. The Morgan fingerprint density at radius 3 is 2.88 bits per heavy atom. The van der Waals surface area contributed by atoms with Crippen LogP contribution in [0.3, 0.4) is 0 Å². The quantitative estimate of drug-likeness (QED) is 0.474. The van der Waals surface area contributed by atoms with Gasteiger partial charge in [0.05, 0.1) is 0 Å². The number of rotatable bonds is 2. The second-order valence-corrected chi connectivity index (χ2v) is 1.44. The first-order chi connectivity index (χ1) is 3.91. The summed E-state index contributed by atoms with van der Waals surface area (Å²) in [5, 5.41) is 0. The topological polar surface area (TPSA) is 0 Å². The van der Waals surface area contributed by atoms with Crippen LogP contribution < -0.4 is 0 Å². The van der Waals surface area contributed by atoms with E-state index >= 15 is 0 Å². The van der Waals surface area contributed by atoms with Gasteiger partial charge in [0, 0.05) is 0 Å². The summed E-state index contributed by atoms with van der Waals surface area (Å²) >= 11 is 0. The summed E-state index contributed by atoms with van der Waals surface area (Å²) in [6.07, 6.45) is 4.15. The Labute approximate surface area is 50.5 Å². The molecule has 0 N–H and O–H groups in total. The van der Waals surface area contributed by atoms with E-state index in [4.69, 9.17) is 0 Å². The first-order valence-corrected chi connectivity index (χ1v) is 2.76. The molecule has 0 saturated carbocycles. The van der Waals surface area contributed by atoms with Gasteiger partial charge in [-0.25, -0.2) is 0 Å². The lowest BCUT2D eigenvalue weighted by Gasteiger charge is -1.73. The largest absolute Gasteiger partial charge is 0.0693 e. The lowest BCUT2D eigenvalue weighted by atomic mass is 10.3. The second-order valence-electron chi connectivity index (χ2n) is 1.44. The van der Waals surface area contributed by atoms with E-state index in [1.807, 2.05) is 6.08 Å². The highest BCUT2D eigenvalue weighted by Gasteiger charge is 1.65. The van der Waals surface area contributed by atoms with Crippen molar-refractivity contribution in [2.75, 3.05) is 0 Å². The van der Waals surface area contributed by atoms with Crippen molar-refractivity contribution in [3.05, 3.63) is 29.8 Å². The van der Waals surface area contributed by atoms with Crippen molar-refractivity contribution in [3.63, 3.8) is 0 Å². The SMILES string of the molecule is C=C=C=C=CCCC. The van der Waals surface area contributed by atoms with E-state index in [1.165, 1.54) is 0 Å². The maximum absolute atomic E-state index is 3.34. The summed E-state index contributed by atoms with van der Waals surface area (Å²) in [6.45, 7) is 5.46. The number of unbranched alkanes of at least 4 members (excludes halogenated alkanes) is 1. The van der Waals surface area contributed by atoms with Crippen LogP contribution in [0.1, 0.15) is 19.8 Å². The highest BCUT2D eigenvalue weighted by atomic mass is 13.7. The maximum atomic E-state index is 3.34. The summed E-state index contributed by atoms with van der Waals surface area (Å²) in [6, 6.07) is 0. The van der Waals surface area contributed by atoms with Gasteiger partial charge in [-0.15, -0.1) is 0 Å². The summed E-state index contributed by atoms with van der Waals surface area (Å²) in [4.78, 5) is 0. The molecule has 0 aromatic heterocycles. The molecule has 0 heterocycles. The molecular weight excluding hydrogens is 96.1 g/mol. The summed E-state index contributed by atoms with van der Waals surface area (Å²) in [7, 11) is 0. The van der Waals surface area contributed by atoms with Crippen molar-refractivity contribution in [2.45, 2.75) is 19.8 Å². The second kappa shape index (κ2) is 6.08. The third-order valence-electron chi connectivity index (χ3n) is 0.696. The molecule has 0 unspecified atom stereocenters. The molecule has 0 bridgehead atoms. The van der Waals surface area contributed by atoms with Gasteiger partial charge in [-0.1, -0.05) is 24.8 Å². The molecule has 0 aliphatic heterocycles. The fraction of sp³-hybridized carbons (Fsp3) is 0.375. The van der Waals surface area contributed by atoms with Gasteiger partial charge in [0.2, 0.25) is 0 Å². The highest BCUT2D eigenvalue weighted by molar-refractivity contribution is 4.83. The fourth-order valence-electron chi connectivity index (χ4n) is 0.319. The molecule has 0 rings (SSSR count). The molecule has 0 radical (unpaired) electrons. The van der Waals surface area contributed by atoms with Crippen LogP contribution in [0, 0.1) is 0 Å². The van der Waals surface area contributed by atoms with E-state index < -0.39 is 0 Å². The van der Waals surface area contributed by atoms with Gasteiger partial charge in [0.25, 0.3) is 0 Å². The molecule has 0 saturated heterocycles. The zero-order valence-corrected chi connectivity index (χ0v) is 5.20. The van der Waals surface area contributed by atoms with E-state index in [2.05, 4.69) is 30.7 Å². The van der Waals surface area contributed by atoms with Crippen molar-refractivity contribution in [1.29, 1.82) is 0 Å². The van der Waals surface area contributed by atoms with Crippen molar-refractivity contribution in [3.8, 4) is 0 Å². The summed E-state index contributed by atoms with van der Waals surface area (Å²) in [5.74, 6) is 0.